The topological polar surface area (TPSA) is 46.5 Å². The smallest absolute Gasteiger partial charge is 0.424 e. The van der Waals surface area contributed by atoms with Gasteiger partial charge in [0.1, 0.15) is 11.6 Å². The van der Waals surface area contributed by atoms with E-state index in [1.54, 1.807) is 0 Å². The third-order valence-corrected chi connectivity index (χ3v) is 3.87. The Kier molecular flexibility index (Phi) is 3.97. The molecule has 1 heterocycles. The molecule has 0 amide bonds. The summed E-state index contributed by atoms with van der Waals surface area (Å²) >= 11 is 0. The summed E-state index contributed by atoms with van der Waals surface area (Å²) in [6.45, 7) is 3.13. The number of carbonyl (C=O) groups excluding carboxylic acids is 1. The molecule has 0 fully saturated rings. The average molecular weight is 320 g/mol. The monoisotopic (exact) mass is 320 g/mol. The standard InChI is InChI=1S/C15H16F4O3/c1-13(2,7-14(21,8-20)15(17,18)19)11-6-10(16)5-9-3-4-22-12(9)11/h5-6,8,21H,3-4,7H2,1-2H3/t14-/m1/s1. The maximum atomic E-state index is 13.7. The van der Waals surface area contributed by atoms with Gasteiger partial charge >= 0.3 is 6.18 Å². The minimum atomic E-state index is -5.11. The molecule has 1 atom stereocenters. The summed E-state index contributed by atoms with van der Waals surface area (Å²) in [6.07, 6.45) is -6.09. The van der Waals surface area contributed by atoms with E-state index in [1.165, 1.54) is 19.9 Å². The van der Waals surface area contributed by atoms with E-state index < -0.39 is 35.7 Å². The fraction of sp³-hybridized carbons (Fsp3) is 0.533. The van der Waals surface area contributed by atoms with Gasteiger partial charge in [-0.1, -0.05) is 13.8 Å². The van der Waals surface area contributed by atoms with Crippen LogP contribution < -0.4 is 4.74 Å². The molecule has 1 aromatic carbocycles. The van der Waals surface area contributed by atoms with Gasteiger partial charge in [-0.05, 0) is 17.5 Å². The lowest BCUT2D eigenvalue weighted by Crippen LogP contribution is -2.50. The number of rotatable bonds is 4. The van der Waals surface area contributed by atoms with Crippen LogP contribution in [-0.4, -0.2) is 29.8 Å². The summed E-state index contributed by atoms with van der Waals surface area (Å²) in [5.74, 6) is -0.254. The van der Waals surface area contributed by atoms with Gasteiger partial charge in [0.15, 0.2) is 6.29 Å². The van der Waals surface area contributed by atoms with Crippen molar-refractivity contribution >= 4 is 6.29 Å². The molecule has 7 heteroatoms. The van der Waals surface area contributed by atoms with Gasteiger partial charge in [-0.15, -0.1) is 0 Å². The van der Waals surface area contributed by atoms with Crippen LogP contribution in [0.1, 0.15) is 31.4 Å². The van der Waals surface area contributed by atoms with Crippen LogP contribution in [0.4, 0.5) is 17.6 Å². The Balaban J connectivity index is 2.46. The Hall–Kier alpha value is -1.63. The van der Waals surface area contributed by atoms with Crippen LogP contribution in [0, 0.1) is 5.82 Å². The maximum absolute atomic E-state index is 13.7. The number of ether oxygens (including phenoxy) is 1. The van der Waals surface area contributed by atoms with Crippen LogP contribution >= 0.6 is 0 Å². The van der Waals surface area contributed by atoms with Crippen LogP contribution in [-0.2, 0) is 16.6 Å². The molecule has 0 unspecified atom stereocenters. The molecular weight excluding hydrogens is 304 g/mol. The summed E-state index contributed by atoms with van der Waals surface area (Å²) in [7, 11) is 0. The number of hydrogen-bond donors (Lipinski definition) is 1. The molecule has 122 valence electrons. The average Bonchev–Trinajstić information content (AvgIpc) is 2.83. The zero-order chi connectivity index (χ0) is 16.8. The predicted molar refractivity (Wildman–Crippen MR) is 70.3 cm³/mol. The highest BCUT2D eigenvalue weighted by molar-refractivity contribution is 5.64. The van der Waals surface area contributed by atoms with Crippen molar-refractivity contribution in [3.8, 4) is 5.75 Å². The molecule has 1 aromatic rings. The molecule has 1 aliphatic heterocycles. The number of carbonyl (C=O) groups is 1. The van der Waals surface area contributed by atoms with Gasteiger partial charge in [0.05, 0.1) is 6.61 Å². The number of aldehydes is 1. The van der Waals surface area contributed by atoms with Gasteiger partial charge in [-0.3, -0.25) is 4.79 Å². The number of alkyl halides is 3. The van der Waals surface area contributed by atoms with Crippen molar-refractivity contribution in [2.45, 2.75) is 43.9 Å². The molecule has 0 bridgehead atoms. The first-order valence-corrected chi connectivity index (χ1v) is 6.71. The van der Waals surface area contributed by atoms with E-state index in [0.29, 0.717) is 24.3 Å². The van der Waals surface area contributed by atoms with E-state index in [1.807, 2.05) is 0 Å². The third kappa shape index (κ3) is 2.82. The minimum Gasteiger partial charge on any atom is -0.493 e. The molecule has 22 heavy (non-hydrogen) atoms. The Labute approximate surface area is 124 Å². The summed E-state index contributed by atoms with van der Waals surface area (Å²) in [5.41, 5.74) is -4.02. The zero-order valence-corrected chi connectivity index (χ0v) is 12.1. The Morgan fingerprint density at radius 3 is 2.50 bits per heavy atom. The Morgan fingerprint density at radius 1 is 1.32 bits per heavy atom. The normalized spacial score (nSPS) is 17.6. The predicted octanol–water partition coefficient (Wildman–Crippen LogP) is 2.92. The van der Waals surface area contributed by atoms with Crippen LogP contribution in [0.5, 0.6) is 5.75 Å². The molecule has 1 aliphatic rings. The molecule has 0 radical (unpaired) electrons. The SMILES string of the molecule is CC(C)(C[C@@](O)(C=O)C(F)(F)F)c1cc(F)cc2c1OCC2. The van der Waals surface area contributed by atoms with E-state index >= 15 is 0 Å². The lowest BCUT2D eigenvalue weighted by Gasteiger charge is -2.35. The second-order valence-corrected chi connectivity index (χ2v) is 6.14. The summed E-state index contributed by atoms with van der Waals surface area (Å²) in [5, 5.41) is 9.64. The van der Waals surface area contributed by atoms with Crippen molar-refractivity contribution in [2.24, 2.45) is 0 Å². The molecule has 0 aromatic heterocycles. The van der Waals surface area contributed by atoms with E-state index in [0.717, 1.165) is 6.07 Å². The molecule has 1 N–H and O–H groups in total. The quantitative estimate of drug-likeness (QED) is 0.685. The largest absolute Gasteiger partial charge is 0.493 e. The van der Waals surface area contributed by atoms with E-state index in [-0.39, 0.29) is 5.56 Å². The van der Waals surface area contributed by atoms with E-state index in [2.05, 4.69) is 0 Å². The molecule has 0 spiro atoms. The Morgan fingerprint density at radius 2 is 1.95 bits per heavy atom. The second-order valence-electron chi connectivity index (χ2n) is 6.14. The van der Waals surface area contributed by atoms with Crippen LogP contribution in [0.3, 0.4) is 0 Å². The fourth-order valence-electron chi connectivity index (χ4n) is 2.75. The molecule has 0 aliphatic carbocycles. The number of benzene rings is 1. The van der Waals surface area contributed by atoms with Gasteiger partial charge in [0, 0.05) is 24.0 Å². The highest BCUT2D eigenvalue weighted by atomic mass is 19.4. The van der Waals surface area contributed by atoms with Crippen molar-refractivity contribution in [3.05, 3.63) is 29.1 Å². The highest BCUT2D eigenvalue weighted by Crippen LogP contribution is 2.45. The van der Waals surface area contributed by atoms with Crippen molar-refractivity contribution in [3.63, 3.8) is 0 Å². The van der Waals surface area contributed by atoms with Crippen molar-refractivity contribution in [2.75, 3.05) is 6.61 Å². The highest BCUT2D eigenvalue weighted by Gasteiger charge is 2.56. The minimum absolute atomic E-state index is 0.213. The van der Waals surface area contributed by atoms with Gasteiger partial charge < -0.3 is 9.84 Å². The second kappa shape index (κ2) is 5.22. The first-order chi connectivity index (χ1) is 10.00. The first-order valence-electron chi connectivity index (χ1n) is 6.71. The number of halogens is 4. The van der Waals surface area contributed by atoms with Crippen molar-refractivity contribution in [1.82, 2.24) is 0 Å². The van der Waals surface area contributed by atoms with Gasteiger partial charge in [0.25, 0.3) is 0 Å². The van der Waals surface area contributed by atoms with Crippen molar-refractivity contribution < 1.29 is 32.2 Å². The van der Waals surface area contributed by atoms with Gasteiger partial charge in [0.2, 0.25) is 5.60 Å². The third-order valence-electron chi connectivity index (χ3n) is 3.87. The molecule has 2 rings (SSSR count). The van der Waals surface area contributed by atoms with Crippen LogP contribution in [0.15, 0.2) is 12.1 Å². The Bertz CT molecular complexity index is 595. The van der Waals surface area contributed by atoms with Crippen LogP contribution in [0.25, 0.3) is 0 Å². The van der Waals surface area contributed by atoms with E-state index in [4.69, 9.17) is 4.74 Å². The lowest BCUT2D eigenvalue weighted by molar-refractivity contribution is -0.250. The van der Waals surface area contributed by atoms with Crippen molar-refractivity contribution in [1.29, 1.82) is 0 Å². The zero-order valence-electron chi connectivity index (χ0n) is 12.1. The number of fused-ring (bicyclic) bond motifs is 1. The molecular formula is C15H16F4O3. The maximum Gasteiger partial charge on any atom is 0.424 e. The summed E-state index contributed by atoms with van der Waals surface area (Å²) in [6, 6.07) is 2.36. The lowest BCUT2D eigenvalue weighted by atomic mass is 9.74. The number of aliphatic hydroxyl groups is 1. The fourth-order valence-corrected chi connectivity index (χ4v) is 2.75. The summed E-state index contributed by atoms with van der Waals surface area (Å²) < 4.78 is 57.8. The van der Waals surface area contributed by atoms with Crippen LogP contribution in [0.2, 0.25) is 0 Å². The summed E-state index contributed by atoms with van der Waals surface area (Å²) in [4.78, 5) is 10.8. The first kappa shape index (κ1) is 16.7. The van der Waals surface area contributed by atoms with Gasteiger partial charge in [-0.2, -0.15) is 13.2 Å². The molecule has 0 saturated heterocycles. The van der Waals surface area contributed by atoms with E-state index in [9.17, 15) is 27.5 Å². The molecule has 3 nitrogen and oxygen atoms in total. The van der Waals surface area contributed by atoms with Gasteiger partial charge in [-0.25, -0.2) is 4.39 Å². The molecule has 0 saturated carbocycles. The number of hydrogen-bond acceptors (Lipinski definition) is 3.